The molecule has 2 aromatic carbocycles. The molecule has 0 aliphatic rings. The van der Waals surface area contributed by atoms with Gasteiger partial charge in [0.1, 0.15) is 0 Å². The van der Waals surface area contributed by atoms with Gasteiger partial charge in [0, 0.05) is 5.69 Å². The van der Waals surface area contributed by atoms with Crippen LogP contribution in [0.1, 0.15) is 34.7 Å². The highest BCUT2D eigenvalue weighted by Gasteiger charge is 2.11. The fourth-order valence-electron chi connectivity index (χ4n) is 2.41. The third-order valence-electron chi connectivity index (χ3n) is 3.61. The maximum atomic E-state index is 11.6. The van der Waals surface area contributed by atoms with Crippen molar-refractivity contribution in [3.63, 3.8) is 0 Å². The molecule has 2 rings (SSSR count). The van der Waals surface area contributed by atoms with Crippen LogP contribution in [0.5, 0.6) is 0 Å². The Morgan fingerprint density at radius 2 is 1.62 bits per heavy atom. The quantitative estimate of drug-likeness (QED) is 0.675. The minimum atomic E-state index is 0.0316. The number of ketones is 1. The van der Waals surface area contributed by atoms with Crippen LogP contribution in [0.4, 0.5) is 5.69 Å². The van der Waals surface area contributed by atoms with Crippen molar-refractivity contribution in [1.29, 1.82) is 0 Å². The number of hydrogen-bond acceptors (Lipinski definition) is 2. The van der Waals surface area contributed by atoms with E-state index in [1.54, 1.807) is 13.0 Å². The van der Waals surface area contributed by atoms with Crippen LogP contribution in [0.3, 0.4) is 0 Å². The second-order valence-corrected chi connectivity index (χ2v) is 5.56. The van der Waals surface area contributed by atoms with Crippen molar-refractivity contribution in [2.75, 3.05) is 5.73 Å². The van der Waals surface area contributed by atoms with E-state index in [4.69, 9.17) is 5.73 Å². The van der Waals surface area contributed by atoms with E-state index in [2.05, 4.69) is 18.2 Å². The van der Waals surface area contributed by atoms with Gasteiger partial charge in [0.25, 0.3) is 0 Å². The molecule has 0 saturated carbocycles. The zero-order valence-electron chi connectivity index (χ0n) is 13.0. The lowest BCUT2D eigenvalue weighted by molar-refractivity contribution is -0.112. The van der Waals surface area contributed by atoms with Gasteiger partial charge in [-0.25, -0.2) is 0 Å². The van der Waals surface area contributed by atoms with Gasteiger partial charge in [0.05, 0.1) is 0 Å². The number of rotatable bonds is 3. The zero-order valence-corrected chi connectivity index (χ0v) is 13.0. The van der Waals surface area contributed by atoms with E-state index < -0.39 is 0 Å². The predicted octanol–water partition coefficient (Wildman–Crippen LogP) is 4.21. The number of nitrogen functional groups attached to an aromatic ring is 1. The molecule has 0 aliphatic heterocycles. The number of anilines is 1. The fourth-order valence-corrected chi connectivity index (χ4v) is 2.41. The Balaban J connectivity index is 2.65. The Morgan fingerprint density at radius 1 is 1.00 bits per heavy atom. The average molecular weight is 279 g/mol. The van der Waals surface area contributed by atoms with E-state index >= 15 is 0 Å². The van der Waals surface area contributed by atoms with Crippen LogP contribution in [0.25, 0.3) is 5.57 Å². The summed E-state index contributed by atoms with van der Waals surface area (Å²) in [5.74, 6) is 0.0316. The molecule has 2 nitrogen and oxygen atoms in total. The summed E-state index contributed by atoms with van der Waals surface area (Å²) in [4.78, 5) is 11.6. The summed E-state index contributed by atoms with van der Waals surface area (Å²) in [6.07, 6.45) is 1.68. The molecule has 0 atom stereocenters. The largest absolute Gasteiger partial charge is 0.398 e. The number of aryl methyl sites for hydroxylation is 3. The second-order valence-electron chi connectivity index (χ2n) is 5.56. The molecule has 108 valence electrons. The molecule has 0 radical (unpaired) electrons. The monoisotopic (exact) mass is 279 g/mol. The van der Waals surface area contributed by atoms with E-state index in [1.807, 2.05) is 39.0 Å². The maximum Gasteiger partial charge on any atom is 0.153 e. The molecule has 2 heteroatoms. The fraction of sp³-hybridized carbons (Fsp3) is 0.211. The topological polar surface area (TPSA) is 43.1 Å². The maximum absolute atomic E-state index is 11.6. The molecule has 0 spiro atoms. The molecule has 0 aromatic heterocycles. The molecular weight excluding hydrogens is 258 g/mol. The summed E-state index contributed by atoms with van der Waals surface area (Å²) in [5, 5.41) is 0. The van der Waals surface area contributed by atoms with Crippen LogP contribution in [-0.4, -0.2) is 5.78 Å². The van der Waals surface area contributed by atoms with Crippen LogP contribution in [-0.2, 0) is 4.79 Å². The first-order valence-electron chi connectivity index (χ1n) is 7.05. The minimum absolute atomic E-state index is 0.0316. The van der Waals surface area contributed by atoms with E-state index in [1.165, 1.54) is 5.56 Å². The van der Waals surface area contributed by atoms with Crippen LogP contribution in [0.15, 0.2) is 42.5 Å². The van der Waals surface area contributed by atoms with Crippen molar-refractivity contribution in [2.45, 2.75) is 27.7 Å². The number of nitrogens with two attached hydrogens (primary N) is 1. The van der Waals surface area contributed by atoms with Gasteiger partial charge in [0.2, 0.25) is 0 Å². The highest BCUT2D eigenvalue weighted by molar-refractivity contribution is 5.99. The summed E-state index contributed by atoms with van der Waals surface area (Å²) >= 11 is 0. The standard InChI is InChI=1S/C19H21NO/c1-12-5-7-16(8-6-12)18(10-15(4)21)17-11-19(20)14(3)9-13(17)2/h5-11H,20H2,1-4H3/b18-10-. The first kappa shape index (κ1) is 15.0. The molecule has 0 heterocycles. The van der Waals surface area contributed by atoms with Gasteiger partial charge in [-0.15, -0.1) is 0 Å². The highest BCUT2D eigenvalue weighted by atomic mass is 16.1. The highest BCUT2D eigenvalue weighted by Crippen LogP contribution is 2.29. The van der Waals surface area contributed by atoms with Crippen LogP contribution in [0, 0.1) is 20.8 Å². The lowest BCUT2D eigenvalue weighted by atomic mass is 9.91. The van der Waals surface area contributed by atoms with Crippen molar-refractivity contribution < 1.29 is 4.79 Å². The Labute approximate surface area is 126 Å². The van der Waals surface area contributed by atoms with Crippen molar-refractivity contribution in [3.05, 3.63) is 70.3 Å². The molecule has 0 bridgehead atoms. The van der Waals surface area contributed by atoms with Gasteiger partial charge < -0.3 is 5.73 Å². The molecule has 0 unspecified atom stereocenters. The molecule has 2 N–H and O–H groups in total. The van der Waals surface area contributed by atoms with Gasteiger partial charge >= 0.3 is 0 Å². The van der Waals surface area contributed by atoms with Crippen LogP contribution < -0.4 is 5.73 Å². The van der Waals surface area contributed by atoms with E-state index in [-0.39, 0.29) is 5.78 Å². The SMILES string of the molecule is CC(=O)/C=C(/c1ccc(C)cc1)c1cc(N)c(C)cc1C. The third-order valence-corrected chi connectivity index (χ3v) is 3.61. The molecule has 0 fully saturated rings. The summed E-state index contributed by atoms with van der Waals surface area (Å²) in [7, 11) is 0. The number of hydrogen-bond donors (Lipinski definition) is 1. The number of carbonyl (C=O) groups excluding carboxylic acids is 1. The van der Waals surface area contributed by atoms with E-state index in [0.717, 1.165) is 33.5 Å². The van der Waals surface area contributed by atoms with Crippen molar-refractivity contribution >= 4 is 17.0 Å². The molecule has 0 aliphatic carbocycles. The second kappa shape index (κ2) is 5.96. The molecular formula is C19H21NO. The van der Waals surface area contributed by atoms with Crippen LogP contribution in [0.2, 0.25) is 0 Å². The average Bonchev–Trinajstić information content (AvgIpc) is 2.41. The predicted molar refractivity (Wildman–Crippen MR) is 89.3 cm³/mol. The van der Waals surface area contributed by atoms with Gasteiger partial charge in [-0.2, -0.15) is 0 Å². The summed E-state index contributed by atoms with van der Waals surface area (Å²) < 4.78 is 0. The molecule has 21 heavy (non-hydrogen) atoms. The van der Waals surface area contributed by atoms with Gasteiger partial charge in [0.15, 0.2) is 5.78 Å². The third kappa shape index (κ3) is 3.40. The van der Waals surface area contributed by atoms with E-state index in [9.17, 15) is 4.79 Å². The van der Waals surface area contributed by atoms with Crippen molar-refractivity contribution in [3.8, 4) is 0 Å². The lowest BCUT2D eigenvalue weighted by Gasteiger charge is -2.14. The van der Waals surface area contributed by atoms with Gasteiger partial charge in [-0.05, 0) is 67.7 Å². The smallest absolute Gasteiger partial charge is 0.153 e. The number of allylic oxidation sites excluding steroid dienone is 1. The Morgan fingerprint density at radius 3 is 2.19 bits per heavy atom. The molecule has 0 saturated heterocycles. The zero-order chi connectivity index (χ0) is 15.6. The van der Waals surface area contributed by atoms with E-state index in [0.29, 0.717) is 0 Å². The summed E-state index contributed by atoms with van der Waals surface area (Å²) in [5.41, 5.74) is 13.1. The summed E-state index contributed by atoms with van der Waals surface area (Å²) in [6, 6.07) is 12.2. The van der Waals surface area contributed by atoms with Crippen molar-refractivity contribution in [1.82, 2.24) is 0 Å². The minimum Gasteiger partial charge on any atom is -0.398 e. The number of benzene rings is 2. The van der Waals surface area contributed by atoms with Crippen LogP contribution >= 0.6 is 0 Å². The Hall–Kier alpha value is -2.35. The van der Waals surface area contributed by atoms with Gasteiger partial charge in [-0.1, -0.05) is 35.9 Å². The number of carbonyl (C=O) groups is 1. The summed E-state index contributed by atoms with van der Waals surface area (Å²) in [6.45, 7) is 7.66. The lowest BCUT2D eigenvalue weighted by Crippen LogP contribution is -1.99. The Kier molecular flexibility index (Phi) is 4.27. The Bertz CT molecular complexity index is 709. The van der Waals surface area contributed by atoms with Gasteiger partial charge in [-0.3, -0.25) is 4.79 Å². The molecule has 0 amide bonds. The normalized spacial score (nSPS) is 11.5. The first-order chi connectivity index (χ1) is 9.88. The first-order valence-corrected chi connectivity index (χ1v) is 7.05. The van der Waals surface area contributed by atoms with Crippen molar-refractivity contribution in [2.24, 2.45) is 0 Å². The molecule has 2 aromatic rings.